The number of carbonyl (C=O) groups excluding carboxylic acids is 3. The summed E-state index contributed by atoms with van der Waals surface area (Å²) in [6.07, 6.45) is 1.96. The van der Waals surface area contributed by atoms with Crippen LogP contribution in [0.4, 0.5) is 0 Å². The molecule has 5 rings (SSSR count). The molecule has 4 aromatic rings. The second kappa shape index (κ2) is 13.0. The Bertz CT molecular complexity index is 1830. The Morgan fingerprint density at radius 2 is 1.70 bits per heavy atom. The third-order valence-electron chi connectivity index (χ3n) is 6.99. The van der Waals surface area contributed by atoms with Gasteiger partial charge in [0.2, 0.25) is 0 Å². The molecule has 43 heavy (non-hydrogen) atoms. The number of furan rings is 1. The van der Waals surface area contributed by atoms with Gasteiger partial charge >= 0.3 is 5.97 Å². The lowest BCUT2D eigenvalue weighted by atomic mass is 9.94. The number of amides is 2. The minimum Gasteiger partial charge on any atom is -0.457 e. The Hall–Kier alpha value is -4.90. The van der Waals surface area contributed by atoms with Gasteiger partial charge in [-0.2, -0.15) is 5.26 Å². The second-order valence-electron chi connectivity index (χ2n) is 9.73. The fourth-order valence-corrected chi connectivity index (χ4v) is 5.00. The summed E-state index contributed by atoms with van der Waals surface area (Å²) in [6, 6.07) is 26.6. The molecule has 9 heteroatoms. The van der Waals surface area contributed by atoms with Crippen molar-refractivity contribution < 1.29 is 23.5 Å². The average Bonchev–Trinajstić information content (AvgIpc) is 3.48. The number of rotatable bonds is 8. The maximum absolute atomic E-state index is 13.4. The summed E-state index contributed by atoms with van der Waals surface area (Å²) in [7, 11) is 0. The summed E-state index contributed by atoms with van der Waals surface area (Å²) in [6.45, 7) is 1.67. The minimum atomic E-state index is -0.626. The van der Waals surface area contributed by atoms with Gasteiger partial charge in [-0.3, -0.25) is 14.5 Å². The van der Waals surface area contributed by atoms with E-state index in [9.17, 15) is 19.6 Å². The molecule has 0 aliphatic carbocycles. The first-order valence-electron chi connectivity index (χ1n) is 13.3. The van der Waals surface area contributed by atoms with Crippen molar-refractivity contribution in [2.24, 2.45) is 0 Å². The predicted molar refractivity (Wildman–Crippen MR) is 163 cm³/mol. The van der Waals surface area contributed by atoms with Crippen LogP contribution in [0.15, 0.2) is 106 Å². The number of halogens is 2. The molecule has 0 atom stereocenters. The topological polar surface area (TPSA) is 101 Å². The quantitative estimate of drug-likeness (QED) is 0.117. The summed E-state index contributed by atoms with van der Waals surface area (Å²) in [5.74, 6) is -1.02. The average molecular weight is 611 g/mol. The third kappa shape index (κ3) is 6.46. The first-order valence-corrected chi connectivity index (χ1v) is 14.1. The van der Waals surface area contributed by atoms with E-state index < -0.39 is 17.8 Å². The van der Waals surface area contributed by atoms with E-state index in [0.29, 0.717) is 34.1 Å². The molecule has 0 saturated carbocycles. The van der Waals surface area contributed by atoms with Crippen LogP contribution in [0.2, 0.25) is 10.0 Å². The summed E-state index contributed by atoms with van der Waals surface area (Å²) >= 11 is 12.5. The molecule has 1 aliphatic heterocycles. The van der Waals surface area contributed by atoms with E-state index in [4.69, 9.17) is 32.4 Å². The maximum atomic E-state index is 13.4. The Morgan fingerprint density at radius 3 is 2.44 bits per heavy atom. The normalized spacial score (nSPS) is 14.3. The van der Waals surface area contributed by atoms with Crippen LogP contribution >= 0.6 is 23.2 Å². The highest BCUT2D eigenvalue weighted by atomic mass is 35.5. The van der Waals surface area contributed by atoms with Crippen LogP contribution in [0, 0.1) is 11.3 Å². The number of benzene rings is 3. The number of hydrogen-bond acceptors (Lipinski definition) is 6. The van der Waals surface area contributed by atoms with Crippen LogP contribution < -0.4 is 0 Å². The second-order valence-corrected chi connectivity index (χ2v) is 10.5. The minimum absolute atomic E-state index is 0.0199. The van der Waals surface area contributed by atoms with Gasteiger partial charge in [-0.1, -0.05) is 71.7 Å². The molecule has 0 bridgehead atoms. The van der Waals surface area contributed by atoms with Gasteiger partial charge in [0.1, 0.15) is 29.8 Å². The van der Waals surface area contributed by atoms with Crippen LogP contribution in [0.25, 0.3) is 17.4 Å². The lowest BCUT2D eigenvalue weighted by Gasteiger charge is -2.27. The molecule has 2 heterocycles. The van der Waals surface area contributed by atoms with Gasteiger partial charge in [0.15, 0.2) is 0 Å². The van der Waals surface area contributed by atoms with E-state index >= 15 is 0 Å². The number of nitrogens with zero attached hydrogens (tertiary/aromatic N) is 2. The fraction of sp³-hybridized carbons (Fsp3) is 0.118. The number of esters is 1. The lowest BCUT2D eigenvalue weighted by molar-refractivity contribution is -0.140. The van der Waals surface area contributed by atoms with E-state index in [0.717, 1.165) is 10.5 Å². The molecule has 0 unspecified atom stereocenters. The molecular formula is C34H24Cl2N2O5. The fourth-order valence-electron chi connectivity index (χ4n) is 4.62. The van der Waals surface area contributed by atoms with E-state index in [1.165, 1.54) is 6.08 Å². The van der Waals surface area contributed by atoms with Crippen LogP contribution in [0.5, 0.6) is 0 Å². The van der Waals surface area contributed by atoms with Crippen molar-refractivity contribution in [1.29, 1.82) is 5.26 Å². The Balaban J connectivity index is 1.38. The molecule has 0 radical (unpaired) electrons. The van der Waals surface area contributed by atoms with Gasteiger partial charge in [0, 0.05) is 28.3 Å². The molecule has 0 N–H and O–H groups in total. The van der Waals surface area contributed by atoms with Gasteiger partial charge in [0.05, 0.1) is 10.6 Å². The standard InChI is InChI=1S/C34H24Cl2N2O5/c1-21-26(32(39)38(33(40)28(21)19-37)16-15-22-7-3-2-4-8-22)18-25-12-14-31(43-25)23-11-13-30(36)27(17-23)34(41)42-20-24-9-5-6-10-29(24)35/h2-14,17-18H,15-16,20H2,1H3/b26-18-. The van der Waals surface area contributed by atoms with Gasteiger partial charge < -0.3 is 9.15 Å². The predicted octanol–water partition coefficient (Wildman–Crippen LogP) is 7.45. The highest BCUT2D eigenvalue weighted by Gasteiger charge is 2.35. The summed E-state index contributed by atoms with van der Waals surface area (Å²) in [5.41, 5.74) is 2.70. The number of carbonyl (C=O) groups is 3. The monoisotopic (exact) mass is 610 g/mol. The zero-order chi connectivity index (χ0) is 30.5. The van der Waals surface area contributed by atoms with Gasteiger partial charge in [0.25, 0.3) is 11.8 Å². The van der Waals surface area contributed by atoms with Crippen molar-refractivity contribution in [3.8, 4) is 17.4 Å². The van der Waals surface area contributed by atoms with Crippen LogP contribution in [-0.2, 0) is 27.4 Å². The molecule has 0 saturated heterocycles. The molecule has 1 aliphatic rings. The van der Waals surface area contributed by atoms with E-state index in [1.807, 2.05) is 36.4 Å². The van der Waals surface area contributed by atoms with E-state index in [-0.39, 0.29) is 40.5 Å². The molecule has 0 spiro atoms. The number of nitriles is 1. The highest BCUT2D eigenvalue weighted by molar-refractivity contribution is 6.33. The first-order chi connectivity index (χ1) is 20.8. The Kier molecular flexibility index (Phi) is 8.91. The van der Waals surface area contributed by atoms with Crippen LogP contribution in [-0.4, -0.2) is 29.2 Å². The smallest absolute Gasteiger partial charge is 0.340 e. The van der Waals surface area contributed by atoms with Crippen molar-refractivity contribution in [2.45, 2.75) is 20.0 Å². The number of ether oxygens (including phenoxy) is 1. The molecule has 7 nitrogen and oxygen atoms in total. The summed E-state index contributed by atoms with van der Waals surface area (Å²) in [4.78, 5) is 40.3. The van der Waals surface area contributed by atoms with Gasteiger partial charge in [-0.25, -0.2) is 4.79 Å². The molecule has 1 aromatic heterocycles. The molecule has 0 fully saturated rings. The maximum Gasteiger partial charge on any atom is 0.340 e. The zero-order valence-electron chi connectivity index (χ0n) is 23.0. The molecule has 3 aromatic carbocycles. The van der Waals surface area contributed by atoms with Crippen LogP contribution in [0.1, 0.15) is 34.2 Å². The molecule has 2 amide bonds. The van der Waals surface area contributed by atoms with Crippen molar-refractivity contribution in [1.82, 2.24) is 4.90 Å². The first kappa shape index (κ1) is 29.6. The van der Waals surface area contributed by atoms with E-state index in [2.05, 4.69) is 0 Å². The van der Waals surface area contributed by atoms with Crippen molar-refractivity contribution in [2.75, 3.05) is 6.54 Å². The van der Waals surface area contributed by atoms with E-state index in [1.54, 1.807) is 61.5 Å². The van der Waals surface area contributed by atoms with Crippen LogP contribution in [0.3, 0.4) is 0 Å². The zero-order valence-corrected chi connectivity index (χ0v) is 24.5. The molecular weight excluding hydrogens is 587 g/mol. The lowest BCUT2D eigenvalue weighted by Crippen LogP contribution is -2.43. The molecule has 214 valence electrons. The summed E-state index contributed by atoms with van der Waals surface area (Å²) < 4.78 is 11.4. The van der Waals surface area contributed by atoms with Crippen molar-refractivity contribution in [3.63, 3.8) is 0 Å². The largest absolute Gasteiger partial charge is 0.457 e. The van der Waals surface area contributed by atoms with Gasteiger partial charge in [-0.05, 0) is 67.0 Å². The summed E-state index contributed by atoms with van der Waals surface area (Å²) in [5, 5.41) is 10.4. The number of imide groups is 1. The third-order valence-corrected chi connectivity index (χ3v) is 7.69. The Morgan fingerprint density at radius 1 is 0.953 bits per heavy atom. The Labute approximate surface area is 258 Å². The van der Waals surface area contributed by atoms with Gasteiger partial charge in [-0.15, -0.1) is 0 Å². The number of hydrogen-bond donors (Lipinski definition) is 0. The SMILES string of the molecule is CC1=C(C#N)C(=O)N(CCc2ccccc2)C(=O)/C1=C\c1ccc(-c2ccc(Cl)c(C(=O)OCc3ccccc3Cl)c2)o1. The highest BCUT2D eigenvalue weighted by Crippen LogP contribution is 2.31. The van der Waals surface area contributed by atoms with Crippen molar-refractivity contribution in [3.05, 3.63) is 134 Å². The van der Waals surface area contributed by atoms with Crippen molar-refractivity contribution >= 4 is 47.1 Å².